The molecule has 1 saturated heterocycles. The van der Waals surface area contributed by atoms with E-state index in [2.05, 4.69) is 19.6 Å². The van der Waals surface area contributed by atoms with Crippen molar-refractivity contribution in [1.82, 2.24) is 19.6 Å². The lowest BCUT2D eigenvalue weighted by atomic mass is 10.3. The van der Waals surface area contributed by atoms with E-state index < -0.39 is 0 Å². The van der Waals surface area contributed by atoms with Crippen LogP contribution in [0.2, 0.25) is 5.02 Å². The summed E-state index contributed by atoms with van der Waals surface area (Å²) in [7, 11) is 0. The quantitative estimate of drug-likeness (QED) is 0.898. The molecular formula is C13H17ClN4. The van der Waals surface area contributed by atoms with Crippen molar-refractivity contribution in [3.8, 4) is 0 Å². The molecule has 0 atom stereocenters. The minimum atomic E-state index is 0.749. The molecule has 0 unspecified atom stereocenters. The summed E-state index contributed by atoms with van der Waals surface area (Å²) in [6.45, 7) is 5.35. The molecule has 0 amide bonds. The minimum Gasteiger partial charge on any atom is -0.315 e. The van der Waals surface area contributed by atoms with Crippen molar-refractivity contribution in [3.63, 3.8) is 0 Å². The molecule has 96 valence electrons. The highest BCUT2D eigenvalue weighted by Gasteiger charge is 2.11. The van der Waals surface area contributed by atoms with Crippen LogP contribution in [0.3, 0.4) is 0 Å². The number of fused-ring (bicyclic) bond motifs is 1. The van der Waals surface area contributed by atoms with Gasteiger partial charge in [-0.05, 0) is 31.6 Å². The van der Waals surface area contributed by atoms with Crippen LogP contribution >= 0.6 is 11.6 Å². The van der Waals surface area contributed by atoms with E-state index in [9.17, 15) is 0 Å². The third kappa shape index (κ3) is 2.51. The summed E-state index contributed by atoms with van der Waals surface area (Å²) in [6, 6.07) is 3.83. The molecule has 3 heterocycles. The van der Waals surface area contributed by atoms with Crippen LogP contribution in [0.25, 0.3) is 5.65 Å². The van der Waals surface area contributed by atoms with Crippen LogP contribution < -0.4 is 5.32 Å². The lowest BCUT2D eigenvalue weighted by molar-refractivity contribution is 0.280. The summed E-state index contributed by atoms with van der Waals surface area (Å²) in [5.74, 6) is 0. The number of nitrogens with zero attached hydrogens (tertiary/aromatic N) is 3. The smallest absolute Gasteiger partial charge is 0.137 e. The molecule has 1 aliphatic rings. The van der Waals surface area contributed by atoms with Gasteiger partial charge in [0, 0.05) is 25.8 Å². The Hall–Kier alpha value is -1.10. The summed E-state index contributed by atoms with van der Waals surface area (Å²) in [5.41, 5.74) is 2.16. The minimum absolute atomic E-state index is 0.749. The second kappa shape index (κ2) is 5.26. The Morgan fingerprint density at radius 2 is 2.22 bits per heavy atom. The van der Waals surface area contributed by atoms with E-state index in [0.717, 1.165) is 43.4 Å². The monoisotopic (exact) mass is 264 g/mol. The van der Waals surface area contributed by atoms with Crippen molar-refractivity contribution in [2.45, 2.75) is 13.0 Å². The van der Waals surface area contributed by atoms with Crippen molar-refractivity contribution in [1.29, 1.82) is 0 Å². The van der Waals surface area contributed by atoms with Gasteiger partial charge in [0.25, 0.3) is 0 Å². The highest BCUT2D eigenvalue weighted by atomic mass is 35.5. The zero-order chi connectivity index (χ0) is 12.4. The van der Waals surface area contributed by atoms with Gasteiger partial charge in [-0.2, -0.15) is 0 Å². The largest absolute Gasteiger partial charge is 0.315 e. The maximum Gasteiger partial charge on any atom is 0.137 e. The fourth-order valence-electron chi connectivity index (χ4n) is 2.41. The Labute approximate surface area is 112 Å². The molecule has 3 rings (SSSR count). The van der Waals surface area contributed by atoms with Crippen LogP contribution in [-0.2, 0) is 6.54 Å². The molecule has 0 bridgehead atoms. The highest BCUT2D eigenvalue weighted by Crippen LogP contribution is 2.14. The van der Waals surface area contributed by atoms with E-state index >= 15 is 0 Å². The maximum atomic E-state index is 6.04. The van der Waals surface area contributed by atoms with Gasteiger partial charge in [0.15, 0.2) is 0 Å². The van der Waals surface area contributed by atoms with Gasteiger partial charge in [-0.3, -0.25) is 4.90 Å². The first-order valence-electron chi connectivity index (χ1n) is 6.37. The second-order valence-corrected chi connectivity index (χ2v) is 5.14. The van der Waals surface area contributed by atoms with E-state index in [1.54, 1.807) is 0 Å². The van der Waals surface area contributed by atoms with Crippen LogP contribution in [0.4, 0.5) is 0 Å². The number of imidazole rings is 1. The van der Waals surface area contributed by atoms with Crippen LogP contribution in [0.5, 0.6) is 0 Å². The van der Waals surface area contributed by atoms with Crippen molar-refractivity contribution >= 4 is 17.2 Å². The molecule has 0 aliphatic carbocycles. The lowest BCUT2D eigenvalue weighted by Gasteiger charge is -2.18. The molecule has 2 aromatic heterocycles. The first-order valence-corrected chi connectivity index (χ1v) is 6.75. The normalized spacial score (nSPS) is 18.1. The van der Waals surface area contributed by atoms with Crippen molar-refractivity contribution in [3.05, 3.63) is 35.2 Å². The zero-order valence-electron chi connectivity index (χ0n) is 10.3. The number of pyridine rings is 1. The Kier molecular flexibility index (Phi) is 3.50. The van der Waals surface area contributed by atoms with Gasteiger partial charge in [-0.15, -0.1) is 0 Å². The predicted octanol–water partition coefficient (Wildman–Crippen LogP) is 1.78. The van der Waals surface area contributed by atoms with Crippen molar-refractivity contribution in [2.75, 3.05) is 26.2 Å². The first-order chi connectivity index (χ1) is 8.83. The maximum absolute atomic E-state index is 6.04. The third-order valence-electron chi connectivity index (χ3n) is 3.36. The molecule has 5 heteroatoms. The summed E-state index contributed by atoms with van der Waals surface area (Å²) < 4.78 is 2.08. The molecule has 1 N–H and O–H groups in total. The number of hydrogen-bond donors (Lipinski definition) is 1. The predicted molar refractivity (Wildman–Crippen MR) is 73.0 cm³/mol. The molecular weight excluding hydrogens is 248 g/mol. The van der Waals surface area contributed by atoms with Gasteiger partial charge in [-0.1, -0.05) is 11.6 Å². The molecule has 0 aromatic carbocycles. The number of nitrogens with one attached hydrogen (secondary N) is 1. The molecule has 18 heavy (non-hydrogen) atoms. The Morgan fingerprint density at radius 3 is 3.17 bits per heavy atom. The SMILES string of the molecule is Clc1ccc2ncc(CN3CCCNCC3)n2c1. The van der Waals surface area contributed by atoms with E-state index in [1.807, 2.05) is 24.5 Å². The van der Waals surface area contributed by atoms with Gasteiger partial charge in [0.05, 0.1) is 16.9 Å². The van der Waals surface area contributed by atoms with Crippen LogP contribution in [0.1, 0.15) is 12.1 Å². The number of hydrogen-bond acceptors (Lipinski definition) is 3. The number of halogens is 1. The van der Waals surface area contributed by atoms with Crippen molar-refractivity contribution in [2.24, 2.45) is 0 Å². The Morgan fingerprint density at radius 1 is 1.28 bits per heavy atom. The van der Waals surface area contributed by atoms with Crippen molar-refractivity contribution < 1.29 is 0 Å². The summed E-state index contributed by atoms with van der Waals surface area (Å²) >= 11 is 6.04. The number of rotatable bonds is 2. The van der Waals surface area contributed by atoms with E-state index in [4.69, 9.17) is 11.6 Å². The summed E-state index contributed by atoms with van der Waals surface area (Å²) in [4.78, 5) is 6.87. The fraction of sp³-hybridized carbons (Fsp3) is 0.462. The van der Waals surface area contributed by atoms with E-state index in [-0.39, 0.29) is 0 Å². The summed E-state index contributed by atoms with van der Waals surface area (Å²) in [5, 5.41) is 4.17. The molecule has 4 nitrogen and oxygen atoms in total. The zero-order valence-corrected chi connectivity index (χ0v) is 11.0. The van der Waals surface area contributed by atoms with E-state index in [1.165, 1.54) is 12.1 Å². The lowest BCUT2D eigenvalue weighted by Crippen LogP contribution is -2.28. The van der Waals surface area contributed by atoms with E-state index in [0.29, 0.717) is 0 Å². The van der Waals surface area contributed by atoms with Gasteiger partial charge >= 0.3 is 0 Å². The first kappa shape index (κ1) is 12.0. The molecule has 1 fully saturated rings. The molecule has 0 spiro atoms. The molecule has 1 aliphatic heterocycles. The van der Waals surface area contributed by atoms with Gasteiger partial charge in [0.2, 0.25) is 0 Å². The highest BCUT2D eigenvalue weighted by molar-refractivity contribution is 6.30. The molecule has 0 saturated carbocycles. The molecule has 0 radical (unpaired) electrons. The second-order valence-electron chi connectivity index (χ2n) is 4.70. The van der Waals surface area contributed by atoms with Gasteiger partial charge in [0.1, 0.15) is 5.65 Å². The Bertz CT molecular complexity index is 529. The fourth-order valence-corrected chi connectivity index (χ4v) is 2.57. The number of aromatic nitrogens is 2. The topological polar surface area (TPSA) is 32.6 Å². The summed E-state index contributed by atoms with van der Waals surface area (Å²) in [6.07, 6.45) is 5.09. The van der Waals surface area contributed by atoms with Gasteiger partial charge in [-0.25, -0.2) is 4.98 Å². The third-order valence-corrected chi connectivity index (χ3v) is 3.59. The average molecular weight is 265 g/mol. The average Bonchev–Trinajstić information content (AvgIpc) is 2.60. The molecule has 2 aromatic rings. The van der Waals surface area contributed by atoms with Crippen LogP contribution in [-0.4, -0.2) is 40.5 Å². The van der Waals surface area contributed by atoms with Crippen LogP contribution in [0.15, 0.2) is 24.5 Å². The van der Waals surface area contributed by atoms with Crippen LogP contribution in [0, 0.1) is 0 Å². The Balaban J connectivity index is 1.83. The standard InChI is InChI=1S/C13H17ClN4/c14-11-2-3-13-16-8-12(18(13)9-11)10-17-6-1-4-15-5-7-17/h2-3,8-9,15H,1,4-7,10H2. The van der Waals surface area contributed by atoms with Gasteiger partial charge < -0.3 is 9.72 Å².